The van der Waals surface area contributed by atoms with Crippen LogP contribution in [0.3, 0.4) is 0 Å². The van der Waals surface area contributed by atoms with Crippen LogP contribution >= 0.6 is 0 Å². The molecule has 29 heavy (non-hydrogen) atoms. The highest BCUT2D eigenvalue weighted by molar-refractivity contribution is 5.76. The molecule has 1 heterocycles. The first kappa shape index (κ1) is 22.5. The summed E-state index contributed by atoms with van der Waals surface area (Å²) in [6.45, 7) is 10.4. The molecule has 1 aromatic rings. The largest absolute Gasteiger partial charge is 0.308 e. The van der Waals surface area contributed by atoms with Crippen LogP contribution in [0.25, 0.3) is 5.57 Å². The molecular formula is C28H33N. The molecule has 0 aromatic heterocycles. The highest BCUT2D eigenvalue weighted by Gasteiger charge is 2.28. The molecule has 1 heteroatoms. The first-order valence-corrected chi connectivity index (χ1v) is 10.4. The third kappa shape index (κ3) is 7.60. The summed E-state index contributed by atoms with van der Waals surface area (Å²) in [6, 6.07) is 11.6. The van der Waals surface area contributed by atoms with E-state index in [0.717, 1.165) is 6.42 Å². The maximum Gasteiger partial charge on any atom is 0.0300 e. The van der Waals surface area contributed by atoms with E-state index in [-0.39, 0.29) is 0 Å². The van der Waals surface area contributed by atoms with Crippen LogP contribution in [0.5, 0.6) is 0 Å². The molecule has 1 fully saturated rings. The Morgan fingerprint density at radius 2 is 2.03 bits per heavy atom. The Morgan fingerprint density at radius 3 is 2.66 bits per heavy atom. The van der Waals surface area contributed by atoms with Crippen molar-refractivity contribution in [1.29, 1.82) is 0 Å². The van der Waals surface area contributed by atoms with Gasteiger partial charge in [-0.2, -0.15) is 0 Å². The Morgan fingerprint density at radius 1 is 1.31 bits per heavy atom. The van der Waals surface area contributed by atoms with Crippen LogP contribution < -0.4 is 5.32 Å². The van der Waals surface area contributed by atoms with Crippen LogP contribution in [-0.2, 0) is 0 Å². The quantitative estimate of drug-likeness (QED) is 0.372. The van der Waals surface area contributed by atoms with Crippen LogP contribution in [0.4, 0.5) is 0 Å². The first-order valence-electron chi connectivity index (χ1n) is 10.4. The summed E-state index contributed by atoms with van der Waals surface area (Å²) < 4.78 is 0. The van der Waals surface area contributed by atoms with Gasteiger partial charge in [-0.1, -0.05) is 103 Å². The van der Waals surface area contributed by atoms with Crippen molar-refractivity contribution in [3.05, 3.63) is 102 Å². The highest BCUT2D eigenvalue weighted by atomic mass is 15.0. The number of terminal acetylenes is 1. The summed E-state index contributed by atoms with van der Waals surface area (Å²) in [6.07, 6.45) is 23.9. The second-order valence-electron chi connectivity index (χ2n) is 7.78. The smallest absolute Gasteiger partial charge is 0.0300 e. The van der Waals surface area contributed by atoms with Crippen LogP contribution in [0, 0.1) is 18.3 Å². The first-order chi connectivity index (χ1) is 14.0. The van der Waals surface area contributed by atoms with Crippen molar-refractivity contribution in [2.75, 3.05) is 0 Å². The molecule has 0 radical (unpaired) electrons. The van der Waals surface area contributed by atoms with E-state index in [0.29, 0.717) is 18.0 Å². The Bertz CT molecular complexity index is 849. The average Bonchev–Trinajstić information content (AvgIpc) is 2.69. The summed E-state index contributed by atoms with van der Waals surface area (Å²) in [5.74, 6) is 2.99. The van der Waals surface area contributed by atoms with Gasteiger partial charge in [-0.25, -0.2) is 0 Å². The molecule has 3 unspecified atom stereocenters. The van der Waals surface area contributed by atoms with E-state index in [4.69, 9.17) is 6.42 Å². The van der Waals surface area contributed by atoms with Crippen molar-refractivity contribution in [2.45, 2.75) is 45.7 Å². The van der Waals surface area contributed by atoms with E-state index in [1.165, 1.54) is 28.7 Å². The molecule has 1 nitrogen and oxygen atoms in total. The number of benzene rings is 1. The maximum atomic E-state index is 5.33. The Hall–Kier alpha value is -2.82. The third-order valence-electron chi connectivity index (χ3n) is 5.04. The fourth-order valence-electron chi connectivity index (χ4n) is 3.64. The fraction of sp³-hybridized carbons (Fsp3) is 0.286. The Kier molecular flexibility index (Phi) is 9.22. The summed E-state index contributed by atoms with van der Waals surface area (Å²) in [5.41, 5.74) is 5.10. The van der Waals surface area contributed by atoms with E-state index in [1.807, 2.05) is 12.2 Å². The molecule has 3 atom stereocenters. The number of allylic oxidation sites excluding steroid dienone is 10. The molecule has 1 aliphatic rings. The lowest BCUT2D eigenvalue weighted by Crippen LogP contribution is -2.51. The normalized spacial score (nSPS) is 21.8. The molecule has 0 aliphatic carbocycles. The maximum absolute atomic E-state index is 5.33. The number of nitrogens with one attached hydrogen (secondary N) is 1. The molecule has 0 spiro atoms. The second kappa shape index (κ2) is 11.9. The number of rotatable bonds is 9. The van der Waals surface area contributed by atoms with Gasteiger partial charge in [0, 0.05) is 12.1 Å². The van der Waals surface area contributed by atoms with Crippen molar-refractivity contribution >= 4 is 5.57 Å². The van der Waals surface area contributed by atoms with Crippen LogP contribution in [-0.4, -0.2) is 12.1 Å². The summed E-state index contributed by atoms with van der Waals surface area (Å²) in [4.78, 5) is 0. The van der Waals surface area contributed by atoms with Gasteiger partial charge in [0.1, 0.15) is 0 Å². The molecule has 1 N–H and O–H groups in total. The average molecular weight is 384 g/mol. The van der Waals surface area contributed by atoms with E-state index in [9.17, 15) is 0 Å². The topological polar surface area (TPSA) is 12.0 Å². The number of hydrogen-bond donors (Lipinski definition) is 1. The standard InChI is InChI=1S/C28H33N/c1-6-8-11-17-26(25-15-12-10-13-16-25)21-27(28-20-24(5)29-28)19-23(4)18-22(3)14-9-7-2/h2,6,8-18,21,23-24,28-29H,1,19-20H2,3-5H3/b11-8-,14-9-,22-18-,26-17-,27-21+. The lowest BCUT2D eigenvalue weighted by Gasteiger charge is -2.37. The lowest BCUT2D eigenvalue weighted by atomic mass is 9.84. The van der Waals surface area contributed by atoms with Gasteiger partial charge in [0.05, 0.1) is 0 Å². The fourth-order valence-corrected chi connectivity index (χ4v) is 3.64. The lowest BCUT2D eigenvalue weighted by molar-refractivity contribution is 0.308. The van der Waals surface area contributed by atoms with E-state index < -0.39 is 0 Å². The Balaban J connectivity index is 2.33. The minimum Gasteiger partial charge on any atom is -0.308 e. The van der Waals surface area contributed by atoms with Gasteiger partial charge in [-0.05, 0) is 49.8 Å². The predicted octanol–water partition coefficient (Wildman–Crippen LogP) is 6.65. The molecule has 1 aliphatic heterocycles. The zero-order chi connectivity index (χ0) is 21.1. The van der Waals surface area contributed by atoms with Crippen LogP contribution in [0.1, 0.15) is 39.2 Å². The summed E-state index contributed by atoms with van der Waals surface area (Å²) in [5, 5.41) is 3.67. The zero-order valence-corrected chi connectivity index (χ0v) is 17.9. The van der Waals surface area contributed by atoms with Gasteiger partial charge in [0.2, 0.25) is 0 Å². The van der Waals surface area contributed by atoms with E-state index >= 15 is 0 Å². The van der Waals surface area contributed by atoms with Crippen LogP contribution in [0.2, 0.25) is 0 Å². The summed E-state index contributed by atoms with van der Waals surface area (Å²) in [7, 11) is 0. The van der Waals surface area contributed by atoms with Crippen molar-refractivity contribution in [3.63, 3.8) is 0 Å². The summed E-state index contributed by atoms with van der Waals surface area (Å²) >= 11 is 0. The van der Waals surface area contributed by atoms with Gasteiger partial charge in [0.25, 0.3) is 0 Å². The molecule has 0 saturated carbocycles. The second-order valence-corrected chi connectivity index (χ2v) is 7.78. The van der Waals surface area contributed by atoms with Gasteiger partial charge >= 0.3 is 0 Å². The molecule has 150 valence electrons. The number of hydrogen-bond acceptors (Lipinski definition) is 1. The SMILES string of the molecule is C#C/C=C\C(C)=C/C(C)C\C(=C/C(=C/C=C\C=C)c1ccccc1)C1CC(C)N1. The molecule has 1 aromatic carbocycles. The predicted molar refractivity (Wildman–Crippen MR) is 128 cm³/mol. The zero-order valence-electron chi connectivity index (χ0n) is 17.9. The van der Waals surface area contributed by atoms with Crippen LogP contribution in [0.15, 0.2) is 96.7 Å². The molecule has 0 bridgehead atoms. The third-order valence-corrected chi connectivity index (χ3v) is 5.04. The minimum atomic E-state index is 0.433. The van der Waals surface area contributed by atoms with Gasteiger partial charge in [-0.3, -0.25) is 0 Å². The van der Waals surface area contributed by atoms with Crippen molar-refractivity contribution < 1.29 is 0 Å². The molecular weight excluding hydrogens is 350 g/mol. The monoisotopic (exact) mass is 383 g/mol. The molecule has 0 amide bonds. The van der Waals surface area contributed by atoms with E-state index in [1.54, 1.807) is 12.2 Å². The van der Waals surface area contributed by atoms with Gasteiger partial charge in [0.15, 0.2) is 0 Å². The van der Waals surface area contributed by atoms with Crippen molar-refractivity contribution in [2.24, 2.45) is 5.92 Å². The minimum absolute atomic E-state index is 0.433. The Labute approximate surface area is 177 Å². The van der Waals surface area contributed by atoms with Gasteiger partial charge < -0.3 is 5.32 Å². The van der Waals surface area contributed by atoms with Crippen molar-refractivity contribution in [1.82, 2.24) is 5.32 Å². The van der Waals surface area contributed by atoms with Gasteiger partial charge in [-0.15, -0.1) is 6.42 Å². The van der Waals surface area contributed by atoms with Crippen molar-refractivity contribution in [3.8, 4) is 12.3 Å². The molecule has 2 rings (SSSR count). The van der Waals surface area contributed by atoms with E-state index in [2.05, 4.69) is 93.2 Å². The highest BCUT2D eigenvalue weighted by Crippen LogP contribution is 2.29. The molecule has 1 saturated heterocycles.